The van der Waals surface area contributed by atoms with E-state index in [1.54, 1.807) is 13.0 Å². The second-order valence-corrected chi connectivity index (χ2v) is 7.50. The second kappa shape index (κ2) is 8.15. The normalized spacial score (nSPS) is 24.3. The summed E-state index contributed by atoms with van der Waals surface area (Å²) in [5, 5.41) is 14.3. The summed E-state index contributed by atoms with van der Waals surface area (Å²) in [7, 11) is 0. The standard InChI is InChI=1S/C23H28FNO/c1-17(25-21-15-16-23(21,2)24)13-14-20(26)22(18-9-5-3-6-10-18)19-11-7-4-8-12-19/h3-12,15-17,20-22,25-26H,13-14H2,1-2H3/t17?,20?,21?,23-/m0/s1. The molecule has 3 unspecified atom stereocenters. The van der Waals surface area contributed by atoms with E-state index in [9.17, 15) is 9.50 Å². The Morgan fingerprint density at radius 2 is 1.54 bits per heavy atom. The summed E-state index contributed by atoms with van der Waals surface area (Å²) in [5.74, 6) is -0.0559. The van der Waals surface area contributed by atoms with Crippen LogP contribution in [-0.4, -0.2) is 29.0 Å². The minimum Gasteiger partial charge on any atom is -0.392 e. The third-order valence-corrected chi connectivity index (χ3v) is 5.28. The highest BCUT2D eigenvalue weighted by Crippen LogP contribution is 2.31. The van der Waals surface area contributed by atoms with Crippen LogP contribution in [0.15, 0.2) is 72.8 Å². The van der Waals surface area contributed by atoms with Gasteiger partial charge in [0.05, 0.1) is 12.1 Å². The van der Waals surface area contributed by atoms with Gasteiger partial charge in [-0.05, 0) is 43.9 Å². The van der Waals surface area contributed by atoms with Gasteiger partial charge in [-0.1, -0.05) is 66.7 Å². The fraction of sp³-hybridized carbons (Fsp3) is 0.391. The number of aliphatic hydroxyl groups is 1. The quantitative estimate of drug-likeness (QED) is 0.680. The van der Waals surface area contributed by atoms with Crippen molar-refractivity contribution in [2.45, 2.75) is 56.5 Å². The van der Waals surface area contributed by atoms with Crippen molar-refractivity contribution in [3.05, 3.63) is 83.9 Å². The Balaban J connectivity index is 1.65. The van der Waals surface area contributed by atoms with E-state index in [0.29, 0.717) is 6.42 Å². The van der Waals surface area contributed by atoms with Crippen molar-refractivity contribution in [1.29, 1.82) is 0 Å². The second-order valence-electron chi connectivity index (χ2n) is 7.50. The molecule has 0 heterocycles. The third-order valence-electron chi connectivity index (χ3n) is 5.28. The molecule has 3 rings (SSSR count). The molecule has 1 aliphatic carbocycles. The van der Waals surface area contributed by atoms with Crippen molar-refractivity contribution in [1.82, 2.24) is 5.32 Å². The summed E-state index contributed by atoms with van der Waals surface area (Å²) in [6.07, 6.45) is 4.41. The zero-order valence-electron chi connectivity index (χ0n) is 15.5. The first-order chi connectivity index (χ1) is 12.5. The molecule has 0 aromatic heterocycles. The monoisotopic (exact) mass is 353 g/mol. The average Bonchev–Trinajstić information content (AvgIpc) is 2.65. The predicted octanol–water partition coefficient (Wildman–Crippen LogP) is 4.60. The Morgan fingerprint density at radius 3 is 1.96 bits per heavy atom. The fourth-order valence-corrected chi connectivity index (χ4v) is 3.61. The fourth-order valence-electron chi connectivity index (χ4n) is 3.61. The van der Waals surface area contributed by atoms with Crippen molar-refractivity contribution >= 4 is 0 Å². The molecule has 2 N–H and O–H groups in total. The molecule has 0 bridgehead atoms. The summed E-state index contributed by atoms with van der Waals surface area (Å²) < 4.78 is 14.0. The van der Waals surface area contributed by atoms with Crippen LogP contribution < -0.4 is 5.32 Å². The molecule has 138 valence electrons. The first-order valence-corrected chi connectivity index (χ1v) is 9.39. The topological polar surface area (TPSA) is 32.3 Å². The van der Waals surface area contributed by atoms with Crippen LogP contribution >= 0.6 is 0 Å². The lowest BCUT2D eigenvalue weighted by atomic mass is 9.84. The molecule has 0 amide bonds. The van der Waals surface area contributed by atoms with Crippen LogP contribution in [0.1, 0.15) is 43.7 Å². The van der Waals surface area contributed by atoms with E-state index in [1.165, 1.54) is 0 Å². The molecule has 0 radical (unpaired) electrons. The van der Waals surface area contributed by atoms with E-state index in [2.05, 4.69) is 36.5 Å². The maximum Gasteiger partial charge on any atom is 0.145 e. The molecule has 0 spiro atoms. The van der Waals surface area contributed by atoms with E-state index in [4.69, 9.17) is 0 Å². The van der Waals surface area contributed by atoms with Gasteiger partial charge in [-0.3, -0.25) is 0 Å². The first kappa shape index (κ1) is 18.8. The van der Waals surface area contributed by atoms with Crippen molar-refractivity contribution in [3.63, 3.8) is 0 Å². The van der Waals surface area contributed by atoms with Crippen LogP contribution in [-0.2, 0) is 0 Å². The zero-order valence-corrected chi connectivity index (χ0v) is 15.5. The van der Waals surface area contributed by atoms with Gasteiger partial charge >= 0.3 is 0 Å². The predicted molar refractivity (Wildman–Crippen MR) is 105 cm³/mol. The van der Waals surface area contributed by atoms with Gasteiger partial charge in [0.15, 0.2) is 0 Å². The number of halogens is 1. The van der Waals surface area contributed by atoms with Gasteiger partial charge in [0.1, 0.15) is 5.67 Å². The minimum atomic E-state index is -1.26. The molecule has 0 saturated carbocycles. The van der Waals surface area contributed by atoms with Gasteiger partial charge in [-0.25, -0.2) is 4.39 Å². The van der Waals surface area contributed by atoms with E-state index in [1.807, 2.05) is 42.5 Å². The maximum atomic E-state index is 14.0. The first-order valence-electron chi connectivity index (χ1n) is 9.39. The molecule has 2 aromatic carbocycles. The number of benzene rings is 2. The van der Waals surface area contributed by atoms with Crippen LogP contribution in [0.2, 0.25) is 0 Å². The number of alkyl halides is 1. The van der Waals surface area contributed by atoms with E-state index in [0.717, 1.165) is 17.5 Å². The van der Waals surface area contributed by atoms with Crippen molar-refractivity contribution in [2.24, 2.45) is 0 Å². The lowest BCUT2D eigenvalue weighted by Gasteiger charge is -2.36. The highest BCUT2D eigenvalue weighted by Gasteiger charge is 2.37. The van der Waals surface area contributed by atoms with Crippen molar-refractivity contribution in [2.75, 3.05) is 0 Å². The Bertz CT molecular complexity index is 674. The van der Waals surface area contributed by atoms with E-state index >= 15 is 0 Å². The molecule has 4 atom stereocenters. The lowest BCUT2D eigenvalue weighted by Crippen LogP contribution is -2.52. The van der Waals surface area contributed by atoms with Crippen LogP contribution in [0.4, 0.5) is 4.39 Å². The molecule has 0 aliphatic heterocycles. The summed E-state index contributed by atoms with van der Waals surface area (Å²) in [6.45, 7) is 3.64. The van der Waals surface area contributed by atoms with Crippen LogP contribution in [0.3, 0.4) is 0 Å². The molecular weight excluding hydrogens is 325 g/mol. The van der Waals surface area contributed by atoms with Crippen LogP contribution in [0.25, 0.3) is 0 Å². The Morgan fingerprint density at radius 1 is 1.00 bits per heavy atom. The molecule has 2 nitrogen and oxygen atoms in total. The molecule has 0 fully saturated rings. The number of hydrogen-bond donors (Lipinski definition) is 2. The minimum absolute atomic E-state index is 0.0559. The van der Waals surface area contributed by atoms with Gasteiger partial charge in [0, 0.05) is 12.0 Å². The van der Waals surface area contributed by atoms with Crippen molar-refractivity contribution < 1.29 is 9.50 Å². The molecule has 0 saturated heterocycles. The lowest BCUT2D eigenvalue weighted by molar-refractivity contribution is 0.134. The highest BCUT2D eigenvalue weighted by atomic mass is 19.1. The molecule has 26 heavy (non-hydrogen) atoms. The van der Waals surface area contributed by atoms with E-state index in [-0.39, 0.29) is 18.0 Å². The average molecular weight is 353 g/mol. The maximum absolute atomic E-state index is 14.0. The number of nitrogens with one attached hydrogen (secondary N) is 1. The van der Waals surface area contributed by atoms with Gasteiger partial charge < -0.3 is 10.4 Å². The summed E-state index contributed by atoms with van der Waals surface area (Å²) in [5.41, 5.74) is 0.971. The molecule has 2 aromatic rings. The van der Waals surface area contributed by atoms with Gasteiger partial charge in [-0.2, -0.15) is 0 Å². The SMILES string of the molecule is CC(CCC(O)C(c1ccccc1)c1ccccc1)NC1C=C[C@]1(C)F. The van der Waals surface area contributed by atoms with Gasteiger partial charge in [0.2, 0.25) is 0 Å². The number of hydrogen-bond acceptors (Lipinski definition) is 2. The largest absolute Gasteiger partial charge is 0.392 e. The van der Waals surface area contributed by atoms with Crippen LogP contribution in [0, 0.1) is 0 Å². The summed E-state index contributed by atoms with van der Waals surface area (Å²) >= 11 is 0. The Kier molecular flexibility index (Phi) is 5.90. The van der Waals surface area contributed by atoms with Gasteiger partial charge in [0.25, 0.3) is 0 Å². The van der Waals surface area contributed by atoms with E-state index < -0.39 is 11.8 Å². The number of rotatable bonds is 8. The highest BCUT2D eigenvalue weighted by molar-refractivity contribution is 5.33. The smallest absolute Gasteiger partial charge is 0.145 e. The Hall–Kier alpha value is -1.97. The Labute approximate surface area is 155 Å². The zero-order chi connectivity index (χ0) is 18.6. The van der Waals surface area contributed by atoms with Crippen LogP contribution in [0.5, 0.6) is 0 Å². The summed E-state index contributed by atoms with van der Waals surface area (Å²) in [6, 6.07) is 20.2. The van der Waals surface area contributed by atoms with Gasteiger partial charge in [-0.15, -0.1) is 0 Å². The molecule has 1 aliphatic rings. The molecular formula is C23H28FNO. The number of aliphatic hydroxyl groups excluding tert-OH is 1. The third kappa shape index (κ3) is 4.40. The van der Waals surface area contributed by atoms with Crippen molar-refractivity contribution in [3.8, 4) is 0 Å². The summed E-state index contributed by atoms with van der Waals surface area (Å²) in [4.78, 5) is 0. The molecule has 3 heteroatoms.